The van der Waals surface area contributed by atoms with E-state index in [2.05, 4.69) is 15.0 Å². The fraction of sp³-hybridized carbons (Fsp3) is 0.250. The highest BCUT2D eigenvalue weighted by Gasteiger charge is 2.09. The topological polar surface area (TPSA) is 51.2 Å². The van der Waals surface area contributed by atoms with Crippen LogP contribution in [0.15, 0.2) is 35.7 Å². The van der Waals surface area contributed by atoms with Crippen LogP contribution in [0.1, 0.15) is 29.2 Å². The van der Waals surface area contributed by atoms with Crippen LogP contribution in [-0.4, -0.2) is 17.5 Å². The molecule has 0 fully saturated rings. The number of rotatable bonds is 6. The van der Waals surface area contributed by atoms with Crippen LogP contribution >= 0.6 is 11.3 Å². The number of benzene rings is 1. The Labute approximate surface area is 136 Å². The van der Waals surface area contributed by atoms with E-state index in [0.29, 0.717) is 0 Å². The van der Waals surface area contributed by atoms with Crippen molar-refractivity contribution < 1.29 is 18.3 Å². The number of halogens is 2. The molecule has 23 heavy (non-hydrogen) atoms. The summed E-state index contributed by atoms with van der Waals surface area (Å²) in [5, 5.41) is 5.59. The Kier molecular flexibility index (Phi) is 5.81. The van der Waals surface area contributed by atoms with E-state index in [1.54, 1.807) is 18.2 Å². The van der Waals surface area contributed by atoms with E-state index in [9.17, 15) is 13.6 Å². The van der Waals surface area contributed by atoms with Gasteiger partial charge >= 0.3 is 6.61 Å². The molecule has 2 rings (SSSR count). The van der Waals surface area contributed by atoms with Gasteiger partial charge in [-0.3, -0.25) is 4.79 Å². The third kappa shape index (κ3) is 5.45. The second-order valence-electron chi connectivity index (χ2n) is 4.80. The van der Waals surface area contributed by atoms with E-state index in [-0.39, 0.29) is 17.7 Å². The highest BCUT2D eigenvalue weighted by molar-refractivity contribution is 7.09. The lowest BCUT2D eigenvalue weighted by Gasteiger charge is -2.13. The van der Waals surface area contributed by atoms with Crippen molar-refractivity contribution in [3.8, 4) is 5.75 Å². The predicted molar refractivity (Wildman–Crippen MR) is 85.5 cm³/mol. The molecule has 122 valence electrons. The maximum atomic E-state index is 12.1. The number of carbonyl (C=O) groups excluding carboxylic acids is 1. The summed E-state index contributed by atoms with van der Waals surface area (Å²) in [6.45, 7) is 0.852. The molecule has 1 amide bonds. The minimum Gasteiger partial charge on any atom is -0.435 e. The number of hydrogen-bond acceptors (Lipinski definition) is 4. The van der Waals surface area contributed by atoms with Crippen molar-refractivity contribution in [1.29, 1.82) is 0 Å². The standard InChI is InChI=1S/C16H16F2N2O2S/c1-10(12-3-6-14(7-4-12)22-16(17)18)19-15(21)8-5-13-9-23-11(2)20-13/h3-10,16H,1-2H3,(H,19,21)/b8-5+. The maximum Gasteiger partial charge on any atom is 0.387 e. The van der Waals surface area contributed by atoms with E-state index < -0.39 is 6.61 Å². The van der Waals surface area contributed by atoms with Gasteiger partial charge in [0.25, 0.3) is 0 Å². The lowest BCUT2D eigenvalue weighted by molar-refractivity contribution is -0.117. The molecule has 1 unspecified atom stereocenters. The number of aryl methyl sites for hydroxylation is 1. The lowest BCUT2D eigenvalue weighted by atomic mass is 10.1. The molecule has 1 atom stereocenters. The zero-order valence-corrected chi connectivity index (χ0v) is 13.4. The smallest absolute Gasteiger partial charge is 0.387 e. The van der Waals surface area contributed by atoms with Crippen molar-refractivity contribution in [2.45, 2.75) is 26.5 Å². The fourth-order valence-corrected chi connectivity index (χ4v) is 2.48. The number of aromatic nitrogens is 1. The van der Waals surface area contributed by atoms with Crippen LogP contribution in [0.5, 0.6) is 5.75 Å². The zero-order chi connectivity index (χ0) is 16.8. The molecule has 0 bridgehead atoms. The Hall–Kier alpha value is -2.28. The predicted octanol–water partition coefficient (Wildman–Crippen LogP) is 3.94. The summed E-state index contributed by atoms with van der Waals surface area (Å²) >= 11 is 1.51. The third-order valence-electron chi connectivity index (χ3n) is 3.01. The van der Waals surface area contributed by atoms with Crippen molar-refractivity contribution in [3.63, 3.8) is 0 Å². The van der Waals surface area contributed by atoms with Crippen molar-refractivity contribution >= 4 is 23.3 Å². The van der Waals surface area contributed by atoms with Gasteiger partial charge in [0, 0.05) is 11.5 Å². The first-order valence-electron chi connectivity index (χ1n) is 6.89. The Morgan fingerprint density at radius 1 is 1.35 bits per heavy atom. The van der Waals surface area contributed by atoms with Crippen LogP contribution in [0, 0.1) is 6.92 Å². The first kappa shape index (κ1) is 17.1. The van der Waals surface area contributed by atoms with Gasteiger partial charge in [-0.15, -0.1) is 11.3 Å². The van der Waals surface area contributed by atoms with Gasteiger partial charge in [0.15, 0.2) is 0 Å². The molecular formula is C16H16F2N2O2S. The van der Waals surface area contributed by atoms with Gasteiger partial charge < -0.3 is 10.1 Å². The van der Waals surface area contributed by atoms with Gasteiger partial charge in [-0.05, 0) is 37.6 Å². The third-order valence-corrected chi connectivity index (χ3v) is 3.80. The SMILES string of the molecule is Cc1nc(/C=C/C(=O)NC(C)c2ccc(OC(F)F)cc2)cs1. The van der Waals surface area contributed by atoms with Crippen LogP contribution in [0.2, 0.25) is 0 Å². The number of hydrogen-bond donors (Lipinski definition) is 1. The van der Waals surface area contributed by atoms with Gasteiger partial charge in [-0.25, -0.2) is 4.98 Å². The van der Waals surface area contributed by atoms with Crippen LogP contribution < -0.4 is 10.1 Å². The number of nitrogens with zero attached hydrogens (tertiary/aromatic N) is 1. The first-order valence-corrected chi connectivity index (χ1v) is 7.77. The Balaban J connectivity index is 1.91. The highest BCUT2D eigenvalue weighted by atomic mass is 32.1. The van der Waals surface area contributed by atoms with Gasteiger partial charge in [-0.2, -0.15) is 8.78 Å². The molecular weight excluding hydrogens is 322 g/mol. The molecule has 0 aliphatic carbocycles. The summed E-state index contributed by atoms with van der Waals surface area (Å²) in [7, 11) is 0. The molecule has 0 spiro atoms. The van der Waals surface area contributed by atoms with Crippen LogP contribution in [0.4, 0.5) is 8.78 Å². The molecule has 4 nitrogen and oxygen atoms in total. The van der Waals surface area contributed by atoms with E-state index in [4.69, 9.17) is 0 Å². The Bertz CT molecular complexity index is 684. The first-order chi connectivity index (χ1) is 10.9. The van der Waals surface area contributed by atoms with Crippen LogP contribution in [-0.2, 0) is 4.79 Å². The second kappa shape index (κ2) is 7.82. The molecule has 0 aliphatic rings. The van der Waals surface area contributed by atoms with Crippen molar-refractivity contribution in [1.82, 2.24) is 10.3 Å². The maximum absolute atomic E-state index is 12.1. The molecule has 1 heterocycles. The van der Waals surface area contributed by atoms with E-state index in [1.165, 1.54) is 29.5 Å². The van der Waals surface area contributed by atoms with Crippen LogP contribution in [0.25, 0.3) is 6.08 Å². The average molecular weight is 338 g/mol. The van der Waals surface area contributed by atoms with E-state index >= 15 is 0 Å². The summed E-state index contributed by atoms with van der Waals surface area (Å²) in [5.74, 6) is -0.169. The zero-order valence-electron chi connectivity index (χ0n) is 12.6. The molecule has 0 radical (unpaired) electrons. The van der Waals surface area contributed by atoms with Gasteiger partial charge in [0.1, 0.15) is 5.75 Å². The minimum atomic E-state index is -2.85. The molecule has 7 heteroatoms. The molecule has 0 aliphatic heterocycles. The van der Waals surface area contributed by atoms with Crippen molar-refractivity contribution in [3.05, 3.63) is 52.0 Å². The summed E-state index contributed by atoms with van der Waals surface area (Å²) in [6.07, 6.45) is 3.06. The molecule has 0 saturated heterocycles. The summed E-state index contributed by atoms with van der Waals surface area (Å²) in [6, 6.07) is 5.90. The van der Waals surface area contributed by atoms with Crippen molar-refractivity contribution in [2.75, 3.05) is 0 Å². The Morgan fingerprint density at radius 3 is 2.61 bits per heavy atom. The number of amides is 1. The van der Waals surface area contributed by atoms with Crippen LogP contribution in [0.3, 0.4) is 0 Å². The van der Waals surface area contributed by atoms with Gasteiger partial charge in [0.05, 0.1) is 16.7 Å². The summed E-state index contributed by atoms with van der Waals surface area (Å²) in [5.41, 5.74) is 1.53. The monoisotopic (exact) mass is 338 g/mol. The Morgan fingerprint density at radius 2 is 2.04 bits per heavy atom. The fourth-order valence-electron chi connectivity index (χ4n) is 1.90. The lowest BCUT2D eigenvalue weighted by Crippen LogP contribution is -2.24. The quantitative estimate of drug-likeness (QED) is 0.812. The van der Waals surface area contributed by atoms with Crippen molar-refractivity contribution in [2.24, 2.45) is 0 Å². The van der Waals surface area contributed by atoms with E-state index in [1.807, 2.05) is 19.2 Å². The number of thiazole rings is 1. The molecule has 2 aromatic rings. The average Bonchev–Trinajstić information content (AvgIpc) is 2.91. The number of alkyl halides is 2. The minimum absolute atomic E-state index is 0.0843. The largest absolute Gasteiger partial charge is 0.435 e. The molecule has 1 aromatic carbocycles. The summed E-state index contributed by atoms with van der Waals surface area (Å²) < 4.78 is 28.5. The summed E-state index contributed by atoms with van der Waals surface area (Å²) in [4.78, 5) is 16.1. The highest BCUT2D eigenvalue weighted by Crippen LogP contribution is 2.19. The van der Waals surface area contributed by atoms with E-state index in [0.717, 1.165) is 16.3 Å². The number of carbonyl (C=O) groups is 1. The molecule has 0 saturated carbocycles. The number of ether oxygens (including phenoxy) is 1. The molecule has 1 aromatic heterocycles. The molecule has 1 N–H and O–H groups in total. The van der Waals surface area contributed by atoms with Gasteiger partial charge in [-0.1, -0.05) is 12.1 Å². The normalized spacial score (nSPS) is 12.6. The number of nitrogens with one attached hydrogen (secondary N) is 1. The second-order valence-corrected chi connectivity index (χ2v) is 5.86. The van der Waals surface area contributed by atoms with Gasteiger partial charge in [0.2, 0.25) is 5.91 Å².